The standard InChI is InChI=1S/C22H18F2N6O3/c1-32-19-14(4-2-5-16(19)24)20-27-21(33-28-20)18-6-3-11-29(18)22(31)15-12-13(23)7-8-17(15)30-25-9-10-26-30/h2,4-5,7-10,12,18H,3,6,11H2,1H3/t18-/m0/s1. The molecule has 5 rings (SSSR count). The van der Waals surface area contributed by atoms with Crippen LogP contribution in [0.25, 0.3) is 17.1 Å². The summed E-state index contributed by atoms with van der Waals surface area (Å²) in [6.45, 7) is 0.424. The second-order valence-electron chi connectivity index (χ2n) is 7.41. The summed E-state index contributed by atoms with van der Waals surface area (Å²) in [6.07, 6.45) is 4.22. The molecular weight excluding hydrogens is 434 g/mol. The number of rotatable bonds is 5. The molecule has 2 aromatic heterocycles. The van der Waals surface area contributed by atoms with Crippen molar-refractivity contribution in [1.29, 1.82) is 0 Å². The molecule has 0 N–H and O–H groups in total. The van der Waals surface area contributed by atoms with E-state index in [0.717, 1.165) is 6.07 Å². The minimum absolute atomic E-state index is 0.000305. The second-order valence-corrected chi connectivity index (χ2v) is 7.41. The lowest BCUT2D eigenvalue weighted by Crippen LogP contribution is -2.31. The fourth-order valence-corrected chi connectivity index (χ4v) is 3.99. The Bertz CT molecular complexity index is 1310. The van der Waals surface area contributed by atoms with E-state index in [1.54, 1.807) is 11.0 Å². The number of halogens is 2. The molecule has 0 saturated carbocycles. The summed E-state index contributed by atoms with van der Waals surface area (Å²) in [7, 11) is 1.35. The number of hydrogen-bond donors (Lipinski definition) is 0. The molecule has 1 aliphatic rings. The second kappa shape index (κ2) is 8.41. The van der Waals surface area contributed by atoms with Crippen molar-refractivity contribution in [3.63, 3.8) is 0 Å². The first-order valence-corrected chi connectivity index (χ1v) is 10.2. The summed E-state index contributed by atoms with van der Waals surface area (Å²) in [5.41, 5.74) is 0.804. The highest BCUT2D eigenvalue weighted by Crippen LogP contribution is 2.36. The van der Waals surface area contributed by atoms with E-state index >= 15 is 0 Å². The van der Waals surface area contributed by atoms with Gasteiger partial charge in [0.1, 0.15) is 11.9 Å². The predicted molar refractivity (Wildman–Crippen MR) is 111 cm³/mol. The van der Waals surface area contributed by atoms with Crippen LogP contribution in [0.3, 0.4) is 0 Å². The average Bonchev–Trinajstić information content (AvgIpc) is 3.59. The molecule has 11 heteroatoms. The van der Waals surface area contributed by atoms with E-state index in [-0.39, 0.29) is 23.0 Å². The number of benzene rings is 2. The Labute approximate surface area is 186 Å². The maximum absolute atomic E-state index is 14.1. The number of para-hydroxylation sites is 1. The van der Waals surface area contributed by atoms with Crippen molar-refractivity contribution in [1.82, 2.24) is 30.0 Å². The smallest absolute Gasteiger partial charge is 0.256 e. The Morgan fingerprint density at radius 3 is 2.79 bits per heavy atom. The molecule has 4 aromatic rings. The normalized spacial score (nSPS) is 15.7. The third-order valence-electron chi connectivity index (χ3n) is 5.48. The van der Waals surface area contributed by atoms with Gasteiger partial charge in [-0.3, -0.25) is 4.79 Å². The van der Waals surface area contributed by atoms with E-state index in [0.29, 0.717) is 30.6 Å². The number of nitrogens with zero attached hydrogens (tertiary/aromatic N) is 6. The zero-order chi connectivity index (χ0) is 22.9. The van der Waals surface area contributed by atoms with E-state index in [9.17, 15) is 13.6 Å². The van der Waals surface area contributed by atoms with Gasteiger partial charge < -0.3 is 14.2 Å². The van der Waals surface area contributed by atoms with Crippen molar-refractivity contribution in [3.8, 4) is 22.8 Å². The SMILES string of the molecule is COc1c(F)cccc1-c1noc([C@@H]2CCCN2C(=O)c2cc(F)ccc2-n2nccn2)n1. The molecular formula is C22H18F2N6O3. The van der Waals surface area contributed by atoms with E-state index in [4.69, 9.17) is 9.26 Å². The number of ether oxygens (including phenoxy) is 1. The van der Waals surface area contributed by atoms with Gasteiger partial charge >= 0.3 is 0 Å². The van der Waals surface area contributed by atoms with Gasteiger partial charge in [-0.15, -0.1) is 0 Å². The van der Waals surface area contributed by atoms with Crippen molar-refractivity contribution < 1.29 is 22.8 Å². The fraction of sp³-hybridized carbons (Fsp3) is 0.227. The Kier molecular flexibility index (Phi) is 5.29. The van der Waals surface area contributed by atoms with Crippen LogP contribution >= 0.6 is 0 Å². The third kappa shape index (κ3) is 3.71. The van der Waals surface area contributed by atoms with Crippen LogP contribution in [-0.2, 0) is 0 Å². The molecule has 9 nitrogen and oxygen atoms in total. The van der Waals surface area contributed by atoms with Crippen LogP contribution in [0.15, 0.2) is 53.3 Å². The van der Waals surface area contributed by atoms with E-state index in [1.165, 1.54) is 48.6 Å². The van der Waals surface area contributed by atoms with Gasteiger partial charge in [-0.2, -0.15) is 20.0 Å². The van der Waals surface area contributed by atoms with Crippen molar-refractivity contribution in [3.05, 3.63) is 71.9 Å². The number of likely N-dealkylation sites (tertiary alicyclic amines) is 1. The topological polar surface area (TPSA) is 99.2 Å². The van der Waals surface area contributed by atoms with Crippen LogP contribution in [0, 0.1) is 11.6 Å². The van der Waals surface area contributed by atoms with E-state index in [2.05, 4.69) is 20.3 Å². The van der Waals surface area contributed by atoms with Gasteiger partial charge in [-0.1, -0.05) is 11.2 Å². The molecule has 0 radical (unpaired) electrons. The van der Waals surface area contributed by atoms with Crippen LogP contribution in [-0.4, -0.2) is 49.6 Å². The number of methoxy groups -OCH3 is 1. The summed E-state index contributed by atoms with van der Waals surface area (Å²) >= 11 is 0. The zero-order valence-electron chi connectivity index (χ0n) is 17.5. The van der Waals surface area contributed by atoms with Gasteiger partial charge in [0, 0.05) is 6.54 Å². The number of carbonyl (C=O) groups excluding carboxylic acids is 1. The highest BCUT2D eigenvalue weighted by Gasteiger charge is 2.36. The molecule has 0 spiro atoms. The first-order chi connectivity index (χ1) is 16.1. The Morgan fingerprint density at radius 2 is 2.00 bits per heavy atom. The molecule has 168 valence electrons. The molecule has 0 bridgehead atoms. The molecule has 1 aliphatic heterocycles. The van der Waals surface area contributed by atoms with Gasteiger partial charge in [-0.05, 0) is 43.2 Å². The monoisotopic (exact) mass is 452 g/mol. The lowest BCUT2D eigenvalue weighted by atomic mass is 10.1. The van der Waals surface area contributed by atoms with Gasteiger partial charge in [0.25, 0.3) is 5.91 Å². The maximum Gasteiger partial charge on any atom is 0.256 e. The summed E-state index contributed by atoms with van der Waals surface area (Å²) in [5.74, 6) is -1.16. The average molecular weight is 452 g/mol. The highest BCUT2D eigenvalue weighted by atomic mass is 19.1. The Hall–Kier alpha value is -4.15. The molecule has 0 aliphatic carbocycles. The van der Waals surface area contributed by atoms with Crippen molar-refractivity contribution >= 4 is 5.91 Å². The molecule has 33 heavy (non-hydrogen) atoms. The van der Waals surface area contributed by atoms with Crippen molar-refractivity contribution in [2.75, 3.05) is 13.7 Å². The van der Waals surface area contributed by atoms with E-state index < -0.39 is 23.6 Å². The first kappa shape index (κ1) is 20.7. The van der Waals surface area contributed by atoms with Gasteiger partial charge in [0.05, 0.1) is 36.3 Å². The number of hydrogen-bond acceptors (Lipinski definition) is 7. The Balaban J connectivity index is 1.48. The molecule has 0 unspecified atom stereocenters. The fourth-order valence-electron chi connectivity index (χ4n) is 3.99. The molecule has 2 aromatic carbocycles. The summed E-state index contributed by atoms with van der Waals surface area (Å²) in [6, 6.07) is 7.74. The van der Waals surface area contributed by atoms with Crippen LogP contribution in [0.1, 0.15) is 35.1 Å². The van der Waals surface area contributed by atoms with Crippen LogP contribution in [0.5, 0.6) is 5.75 Å². The molecule has 1 atom stereocenters. The summed E-state index contributed by atoms with van der Waals surface area (Å²) in [5, 5.41) is 12.1. The Morgan fingerprint density at radius 1 is 1.18 bits per heavy atom. The number of carbonyl (C=O) groups is 1. The molecule has 1 amide bonds. The summed E-state index contributed by atoms with van der Waals surface area (Å²) in [4.78, 5) is 20.7. The zero-order valence-corrected chi connectivity index (χ0v) is 17.5. The maximum atomic E-state index is 14.1. The van der Waals surface area contributed by atoms with Crippen molar-refractivity contribution in [2.45, 2.75) is 18.9 Å². The number of aromatic nitrogens is 5. The summed E-state index contributed by atoms with van der Waals surface area (Å²) < 4.78 is 38.7. The van der Waals surface area contributed by atoms with Gasteiger partial charge in [0.2, 0.25) is 11.7 Å². The molecule has 1 fully saturated rings. The van der Waals surface area contributed by atoms with Gasteiger partial charge in [0.15, 0.2) is 11.6 Å². The molecule has 3 heterocycles. The molecule has 1 saturated heterocycles. The van der Waals surface area contributed by atoms with Crippen LogP contribution < -0.4 is 4.74 Å². The lowest BCUT2D eigenvalue weighted by Gasteiger charge is -2.23. The number of amides is 1. The van der Waals surface area contributed by atoms with Gasteiger partial charge in [-0.25, -0.2) is 8.78 Å². The van der Waals surface area contributed by atoms with Crippen LogP contribution in [0.2, 0.25) is 0 Å². The lowest BCUT2D eigenvalue weighted by molar-refractivity contribution is 0.0709. The minimum Gasteiger partial charge on any atom is -0.493 e. The first-order valence-electron chi connectivity index (χ1n) is 10.2. The minimum atomic E-state index is -0.553. The predicted octanol–water partition coefficient (Wildman–Crippen LogP) is 3.58. The largest absolute Gasteiger partial charge is 0.493 e. The van der Waals surface area contributed by atoms with Crippen molar-refractivity contribution in [2.24, 2.45) is 0 Å². The van der Waals surface area contributed by atoms with E-state index in [1.807, 2.05) is 0 Å². The third-order valence-corrected chi connectivity index (χ3v) is 5.48. The quantitative estimate of drug-likeness (QED) is 0.456. The highest BCUT2D eigenvalue weighted by molar-refractivity contribution is 5.98. The van der Waals surface area contributed by atoms with Crippen LogP contribution in [0.4, 0.5) is 8.78 Å².